The van der Waals surface area contributed by atoms with E-state index in [0.717, 1.165) is 30.2 Å². The number of carbonyl (C=O) groups is 2. The number of amides is 2. The van der Waals surface area contributed by atoms with E-state index in [1.807, 2.05) is 6.07 Å². The molecule has 0 saturated heterocycles. The van der Waals surface area contributed by atoms with E-state index in [1.54, 1.807) is 29.6 Å². The van der Waals surface area contributed by atoms with Crippen molar-refractivity contribution in [2.45, 2.75) is 32.6 Å². The highest BCUT2D eigenvalue weighted by atomic mass is 79.9. The van der Waals surface area contributed by atoms with Crippen LogP contribution in [0.2, 0.25) is 0 Å². The molecule has 9 heteroatoms. The Morgan fingerprint density at radius 2 is 1.96 bits per heavy atom. The molecule has 1 heterocycles. The standard InChI is InChI=1S/C19H22BrN3O3S2/c1-2-3-4-5-10-26-15-9-8-13(20)12-14(15)17(24)21-19(27)23-22-18(25)16-7-6-11-28-16/h6-9,11-12H,2-5,10H2,1H3,(H,22,25)(H2,21,23,24,27). The van der Waals surface area contributed by atoms with Crippen molar-refractivity contribution in [2.24, 2.45) is 0 Å². The summed E-state index contributed by atoms with van der Waals surface area (Å²) >= 11 is 9.75. The van der Waals surface area contributed by atoms with Crippen LogP contribution in [-0.4, -0.2) is 23.5 Å². The van der Waals surface area contributed by atoms with Crippen LogP contribution in [0.3, 0.4) is 0 Å². The molecule has 0 saturated carbocycles. The van der Waals surface area contributed by atoms with Crippen LogP contribution in [0.15, 0.2) is 40.2 Å². The minimum Gasteiger partial charge on any atom is -0.493 e. The summed E-state index contributed by atoms with van der Waals surface area (Å²) in [4.78, 5) is 25.0. The lowest BCUT2D eigenvalue weighted by atomic mass is 10.2. The lowest BCUT2D eigenvalue weighted by Gasteiger charge is -2.14. The molecule has 0 unspecified atom stereocenters. The van der Waals surface area contributed by atoms with Gasteiger partial charge in [-0.25, -0.2) is 0 Å². The number of thiocarbonyl (C=S) groups is 1. The largest absolute Gasteiger partial charge is 0.493 e. The van der Waals surface area contributed by atoms with Crippen molar-refractivity contribution in [1.82, 2.24) is 16.2 Å². The molecular weight excluding hydrogens is 462 g/mol. The topological polar surface area (TPSA) is 79.5 Å². The number of carbonyl (C=O) groups excluding carboxylic acids is 2. The second-order valence-corrected chi connectivity index (χ2v) is 8.16. The third kappa shape index (κ3) is 7.21. The Labute approximate surface area is 182 Å². The maximum Gasteiger partial charge on any atom is 0.279 e. The third-order valence-corrected chi connectivity index (χ3v) is 5.27. The van der Waals surface area contributed by atoms with Crippen molar-refractivity contribution >= 4 is 56.4 Å². The van der Waals surface area contributed by atoms with E-state index in [4.69, 9.17) is 17.0 Å². The Bertz CT molecular complexity index is 813. The number of hydrogen-bond donors (Lipinski definition) is 3. The van der Waals surface area contributed by atoms with Gasteiger partial charge in [-0.2, -0.15) is 0 Å². The Morgan fingerprint density at radius 1 is 1.14 bits per heavy atom. The van der Waals surface area contributed by atoms with Crippen LogP contribution in [0.25, 0.3) is 0 Å². The summed E-state index contributed by atoms with van der Waals surface area (Å²) in [5.41, 5.74) is 5.33. The highest BCUT2D eigenvalue weighted by molar-refractivity contribution is 9.10. The Hall–Kier alpha value is -1.97. The van der Waals surface area contributed by atoms with Gasteiger partial charge >= 0.3 is 0 Å². The van der Waals surface area contributed by atoms with Crippen LogP contribution in [0, 0.1) is 0 Å². The second-order valence-electron chi connectivity index (χ2n) is 5.89. The lowest BCUT2D eigenvalue weighted by molar-refractivity contribution is 0.0937. The minimum atomic E-state index is -0.423. The highest BCUT2D eigenvalue weighted by Crippen LogP contribution is 2.23. The number of benzene rings is 1. The molecule has 1 aromatic carbocycles. The van der Waals surface area contributed by atoms with E-state index in [-0.39, 0.29) is 11.0 Å². The van der Waals surface area contributed by atoms with Crippen LogP contribution >= 0.6 is 39.5 Å². The number of ether oxygens (including phenoxy) is 1. The zero-order valence-electron chi connectivity index (χ0n) is 15.4. The molecule has 0 aliphatic carbocycles. The molecule has 3 N–H and O–H groups in total. The molecule has 0 spiro atoms. The summed E-state index contributed by atoms with van der Waals surface area (Å²) in [6.07, 6.45) is 4.33. The maximum atomic E-state index is 12.6. The number of hydrogen-bond acceptors (Lipinski definition) is 5. The molecule has 0 bridgehead atoms. The van der Waals surface area contributed by atoms with Gasteiger partial charge in [-0.1, -0.05) is 48.2 Å². The molecule has 0 fully saturated rings. The van der Waals surface area contributed by atoms with E-state index >= 15 is 0 Å². The summed E-state index contributed by atoms with van der Waals surface area (Å²) in [6, 6.07) is 8.69. The van der Waals surface area contributed by atoms with E-state index in [9.17, 15) is 9.59 Å². The molecule has 1 aromatic heterocycles. The van der Waals surface area contributed by atoms with Crippen LogP contribution in [0.1, 0.15) is 52.6 Å². The van der Waals surface area contributed by atoms with E-state index < -0.39 is 5.91 Å². The quantitative estimate of drug-likeness (QED) is 0.294. The highest BCUT2D eigenvalue weighted by Gasteiger charge is 2.15. The number of unbranched alkanes of at least 4 members (excludes halogenated alkanes) is 3. The molecule has 2 aromatic rings. The van der Waals surface area contributed by atoms with Crippen LogP contribution < -0.4 is 20.9 Å². The molecule has 2 rings (SSSR count). The molecule has 150 valence electrons. The van der Waals surface area contributed by atoms with Crippen LogP contribution in [0.4, 0.5) is 0 Å². The first-order chi connectivity index (χ1) is 13.5. The van der Waals surface area contributed by atoms with Gasteiger partial charge in [-0.3, -0.25) is 25.8 Å². The first kappa shape index (κ1) is 22.3. The third-order valence-electron chi connectivity index (χ3n) is 3.70. The van der Waals surface area contributed by atoms with Crippen molar-refractivity contribution in [3.05, 3.63) is 50.6 Å². The van der Waals surface area contributed by atoms with Gasteiger partial charge in [0.2, 0.25) is 0 Å². The van der Waals surface area contributed by atoms with Crippen molar-refractivity contribution in [1.29, 1.82) is 0 Å². The zero-order chi connectivity index (χ0) is 20.4. The molecule has 0 radical (unpaired) electrons. The van der Waals surface area contributed by atoms with Gasteiger partial charge in [0.1, 0.15) is 5.75 Å². The fourth-order valence-corrected chi connectivity index (χ4v) is 3.42. The van der Waals surface area contributed by atoms with Gasteiger partial charge < -0.3 is 4.74 Å². The molecule has 0 aliphatic heterocycles. The van der Waals surface area contributed by atoms with Crippen molar-refractivity contribution < 1.29 is 14.3 Å². The molecule has 0 aliphatic rings. The summed E-state index contributed by atoms with van der Waals surface area (Å²) < 4.78 is 6.53. The predicted molar refractivity (Wildman–Crippen MR) is 119 cm³/mol. The lowest BCUT2D eigenvalue weighted by Crippen LogP contribution is -2.48. The number of rotatable bonds is 8. The first-order valence-corrected chi connectivity index (χ1v) is 11.0. The number of nitrogens with one attached hydrogen (secondary N) is 3. The SMILES string of the molecule is CCCCCCOc1ccc(Br)cc1C(=O)NC(=S)NNC(=O)c1cccs1. The summed E-state index contributed by atoms with van der Waals surface area (Å²) in [7, 11) is 0. The van der Waals surface area contributed by atoms with Gasteiger partial charge in [0, 0.05) is 4.47 Å². The van der Waals surface area contributed by atoms with E-state index in [0.29, 0.717) is 22.8 Å². The molecule has 2 amide bonds. The van der Waals surface area contributed by atoms with Crippen LogP contribution in [0.5, 0.6) is 5.75 Å². The van der Waals surface area contributed by atoms with Gasteiger partial charge in [-0.05, 0) is 48.3 Å². The molecule has 28 heavy (non-hydrogen) atoms. The monoisotopic (exact) mass is 483 g/mol. The Morgan fingerprint density at radius 3 is 2.68 bits per heavy atom. The van der Waals surface area contributed by atoms with Gasteiger partial charge in [0.05, 0.1) is 17.0 Å². The summed E-state index contributed by atoms with van der Waals surface area (Å²) in [6.45, 7) is 2.69. The van der Waals surface area contributed by atoms with Gasteiger partial charge in [0.25, 0.3) is 11.8 Å². The van der Waals surface area contributed by atoms with Crippen molar-refractivity contribution in [3.8, 4) is 5.75 Å². The smallest absolute Gasteiger partial charge is 0.279 e. The predicted octanol–water partition coefficient (Wildman–Crippen LogP) is 4.42. The maximum absolute atomic E-state index is 12.6. The average Bonchev–Trinajstić information content (AvgIpc) is 3.21. The molecular formula is C19H22BrN3O3S2. The van der Waals surface area contributed by atoms with Crippen LogP contribution in [-0.2, 0) is 0 Å². The Kier molecular flexibility index (Phi) is 9.39. The van der Waals surface area contributed by atoms with E-state index in [2.05, 4.69) is 39.0 Å². The first-order valence-electron chi connectivity index (χ1n) is 8.88. The molecule has 0 atom stereocenters. The van der Waals surface area contributed by atoms with Crippen molar-refractivity contribution in [2.75, 3.05) is 6.61 Å². The number of halogens is 1. The Balaban J connectivity index is 1.90. The molecule has 6 nitrogen and oxygen atoms in total. The summed E-state index contributed by atoms with van der Waals surface area (Å²) in [5, 5.41) is 4.33. The van der Waals surface area contributed by atoms with E-state index in [1.165, 1.54) is 11.3 Å². The number of hydrazine groups is 1. The van der Waals surface area contributed by atoms with Gasteiger partial charge in [-0.15, -0.1) is 11.3 Å². The van der Waals surface area contributed by atoms with Crippen molar-refractivity contribution in [3.63, 3.8) is 0 Å². The fraction of sp³-hybridized carbons (Fsp3) is 0.316. The van der Waals surface area contributed by atoms with Gasteiger partial charge in [0.15, 0.2) is 5.11 Å². The zero-order valence-corrected chi connectivity index (χ0v) is 18.6. The number of thiophene rings is 1. The normalized spacial score (nSPS) is 10.2. The minimum absolute atomic E-state index is 0.0104. The fourth-order valence-electron chi connectivity index (χ4n) is 2.30. The summed E-state index contributed by atoms with van der Waals surface area (Å²) in [5.74, 6) is -0.263. The average molecular weight is 484 g/mol. The second kappa shape index (κ2) is 11.8.